The number of para-hydroxylation sites is 1. The number of benzene rings is 13. The van der Waals surface area contributed by atoms with Gasteiger partial charge in [-0.1, -0.05) is 267 Å². The molecule has 14 aromatic rings. The molecule has 0 aliphatic rings. The number of anilines is 3. The van der Waals surface area contributed by atoms with Gasteiger partial charge in [-0.3, -0.25) is 0 Å². The molecule has 0 saturated carbocycles. The van der Waals surface area contributed by atoms with E-state index < -0.39 is 8.07 Å². The molecule has 0 fully saturated rings. The second kappa shape index (κ2) is 20.5. The first kappa shape index (κ1) is 47.4. The van der Waals surface area contributed by atoms with Crippen LogP contribution in [-0.4, -0.2) is 12.6 Å². The number of rotatable bonds is 12. The van der Waals surface area contributed by atoms with Crippen LogP contribution in [0.15, 0.2) is 328 Å². The van der Waals surface area contributed by atoms with Gasteiger partial charge in [-0.25, -0.2) is 0 Å². The summed E-state index contributed by atoms with van der Waals surface area (Å²) < 4.78 is 2.46. The van der Waals surface area contributed by atoms with E-state index in [4.69, 9.17) is 0 Å². The summed E-state index contributed by atoms with van der Waals surface area (Å²) in [5.74, 6) is 0. The molecule has 3 heteroatoms. The van der Waals surface area contributed by atoms with E-state index in [0.717, 1.165) is 39.3 Å². The maximum absolute atomic E-state index is 2.67. The summed E-state index contributed by atoms with van der Waals surface area (Å²) in [4.78, 5) is 2.45. The van der Waals surface area contributed by atoms with Crippen molar-refractivity contribution in [3.8, 4) is 50.2 Å². The Morgan fingerprint density at radius 2 is 0.671 bits per heavy atom. The van der Waals surface area contributed by atoms with E-state index in [2.05, 4.69) is 337 Å². The van der Waals surface area contributed by atoms with Crippen molar-refractivity contribution >= 4 is 78.5 Å². The summed E-state index contributed by atoms with van der Waals surface area (Å²) in [6.07, 6.45) is 0. The van der Waals surface area contributed by atoms with Crippen LogP contribution in [-0.2, 0) is 0 Å². The first-order valence-corrected chi connectivity index (χ1v) is 29.2. The highest BCUT2D eigenvalue weighted by molar-refractivity contribution is 7.19. The second-order valence-electron chi connectivity index (χ2n) is 20.4. The monoisotopic (exact) mass is 1020 g/mol. The molecule has 0 atom stereocenters. The zero-order valence-corrected chi connectivity index (χ0v) is 44.6. The third-order valence-electron chi connectivity index (χ3n) is 15.9. The normalized spacial score (nSPS) is 11.5. The summed E-state index contributed by atoms with van der Waals surface area (Å²) >= 11 is 0. The van der Waals surface area contributed by atoms with Gasteiger partial charge >= 0.3 is 0 Å². The quantitative estimate of drug-likeness (QED) is 0.0875. The fourth-order valence-electron chi connectivity index (χ4n) is 12.3. The third kappa shape index (κ3) is 8.54. The van der Waals surface area contributed by atoms with E-state index in [9.17, 15) is 0 Å². The SMILES string of the molecule is c1ccc(-c2cc(-c3ccccc3)cc(-n3c4ccccc4c4c(N(c5ccc(-c6ccc([Si](c7ccccc7)(c7ccccc7)c7ccccc7)cc6)cc5)c5ccc(-c6cccc7ccccc67)cc5)cccc43)c2)cc1. The van der Waals surface area contributed by atoms with E-state index in [1.807, 2.05) is 0 Å². The molecular formula is C76H54N2Si. The highest BCUT2D eigenvalue weighted by atomic mass is 28.3. The summed E-state index contributed by atoms with van der Waals surface area (Å²) in [7, 11) is -2.67. The molecule has 0 N–H and O–H groups in total. The summed E-state index contributed by atoms with van der Waals surface area (Å²) in [6.45, 7) is 0. The average Bonchev–Trinajstić information content (AvgIpc) is 4.05. The minimum absolute atomic E-state index is 1.07. The van der Waals surface area contributed by atoms with Gasteiger partial charge in [0.15, 0.2) is 8.07 Å². The smallest absolute Gasteiger partial charge is 0.179 e. The van der Waals surface area contributed by atoms with Crippen molar-refractivity contribution in [1.82, 2.24) is 4.57 Å². The van der Waals surface area contributed by atoms with E-state index in [0.29, 0.717) is 0 Å². The maximum Gasteiger partial charge on any atom is 0.179 e. The van der Waals surface area contributed by atoms with Crippen molar-refractivity contribution in [2.45, 2.75) is 0 Å². The Balaban J connectivity index is 0.919. The van der Waals surface area contributed by atoms with Gasteiger partial charge in [0, 0.05) is 27.8 Å². The summed E-state index contributed by atoms with van der Waals surface area (Å²) in [5, 5.41) is 10.3. The van der Waals surface area contributed by atoms with Crippen LogP contribution in [0.25, 0.3) is 82.8 Å². The van der Waals surface area contributed by atoms with Crippen molar-refractivity contribution in [3.63, 3.8) is 0 Å². The van der Waals surface area contributed by atoms with Gasteiger partial charge in [0.1, 0.15) is 0 Å². The lowest BCUT2D eigenvalue weighted by Crippen LogP contribution is -2.74. The Labute approximate surface area is 463 Å². The molecule has 2 nitrogen and oxygen atoms in total. The van der Waals surface area contributed by atoms with Crippen molar-refractivity contribution in [1.29, 1.82) is 0 Å². The van der Waals surface area contributed by atoms with Crippen LogP contribution in [0.3, 0.4) is 0 Å². The van der Waals surface area contributed by atoms with Gasteiger partial charge in [0.05, 0.1) is 16.7 Å². The van der Waals surface area contributed by atoms with Gasteiger partial charge in [-0.05, 0) is 137 Å². The highest BCUT2D eigenvalue weighted by Crippen LogP contribution is 2.45. The fraction of sp³-hybridized carbons (Fsp3) is 0. The standard InChI is InChI=1S/C76H54N2Si/c1-6-22-55(23-7-1)61-52-62(56-24-8-2-9-25-56)54-65(53-61)78-73-37-19-18-35-72(73)76-74(38-21-39-75(76)78)77(64-48-42-60(43-49-64)71-36-20-27-59-26-16-17-34-70(59)71)63-46-40-57(41-47-63)58-44-50-69(51-45-58)79(66-28-10-3-11-29-66,67-30-12-4-13-31-67)68-32-14-5-15-33-68/h1-54H. The predicted octanol–water partition coefficient (Wildman–Crippen LogP) is 17.5. The molecule has 1 aromatic heterocycles. The van der Waals surface area contributed by atoms with Crippen LogP contribution in [0.2, 0.25) is 0 Å². The van der Waals surface area contributed by atoms with E-state index >= 15 is 0 Å². The molecule has 0 aliphatic heterocycles. The summed E-state index contributed by atoms with van der Waals surface area (Å²) in [5.41, 5.74) is 16.1. The first-order valence-electron chi connectivity index (χ1n) is 27.2. The molecule has 0 bridgehead atoms. The number of hydrogen-bond donors (Lipinski definition) is 0. The van der Waals surface area contributed by atoms with Crippen molar-refractivity contribution < 1.29 is 0 Å². The molecule has 0 radical (unpaired) electrons. The van der Waals surface area contributed by atoms with Crippen LogP contribution in [0.5, 0.6) is 0 Å². The lowest BCUT2D eigenvalue weighted by atomic mass is 9.98. The molecule has 13 aromatic carbocycles. The van der Waals surface area contributed by atoms with Crippen LogP contribution >= 0.6 is 0 Å². The van der Waals surface area contributed by atoms with Crippen LogP contribution in [0.4, 0.5) is 17.1 Å². The molecule has 372 valence electrons. The average molecular weight is 1020 g/mol. The molecule has 0 amide bonds. The lowest BCUT2D eigenvalue weighted by molar-refractivity contribution is 1.18. The molecule has 0 aliphatic carbocycles. The van der Waals surface area contributed by atoms with Crippen LogP contribution < -0.4 is 25.6 Å². The molecule has 0 saturated heterocycles. The Morgan fingerprint density at radius 1 is 0.266 bits per heavy atom. The Kier molecular flexibility index (Phi) is 12.3. The Bertz CT molecular complexity index is 4260. The number of nitrogens with zero attached hydrogens (tertiary/aromatic N) is 2. The van der Waals surface area contributed by atoms with Gasteiger partial charge in [0.25, 0.3) is 0 Å². The van der Waals surface area contributed by atoms with Gasteiger partial charge < -0.3 is 9.47 Å². The van der Waals surface area contributed by atoms with E-state index in [-0.39, 0.29) is 0 Å². The van der Waals surface area contributed by atoms with Crippen LogP contribution in [0, 0.1) is 0 Å². The Morgan fingerprint density at radius 3 is 1.23 bits per heavy atom. The summed E-state index contributed by atoms with van der Waals surface area (Å²) in [6, 6.07) is 121. The molecule has 1 heterocycles. The topological polar surface area (TPSA) is 8.17 Å². The van der Waals surface area contributed by atoms with Gasteiger partial charge in [-0.2, -0.15) is 0 Å². The number of aromatic nitrogens is 1. The molecule has 79 heavy (non-hydrogen) atoms. The number of fused-ring (bicyclic) bond motifs is 4. The van der Waals surface area contributed by atoms with Gasteiger partial charge in [-0.15, -0.1) is 0 Å². The van der Waals surface area contributed by atoms with Crippen molar-refractivity contribution in [2.24, 2.45) is 0 Å². The number of hydrogen-bond acceptors (Lipinski definition) is 1. The Hall–Kier alpha value is -10.1. The largest absolute Gasteiger partial charge is 0.310 e. The minimum atomic E-state index is -2.67. The predicted molar refractivity (Wildman–Crippen MR) is 338 cm³/mol. The van der Waals surface area contributed by atoms with E-state index in [1.54, 1.807) is 0 Å². The van der Waals surface area contributed by atoms with Crippen molar-refractivity contribution in [3.05, 3.63) is 328 Å². The highest BCUT2D eigenvalue weighted by Gasteiger charge is 2.41. The zero-order chi connectivity index (χ0) is 52.5. The third-order valence-corrected chi connectivity index (χ3v) is 20.7. The fourth-order valence-corrected chi connectivity index (χ4v) is 17.0. The van der Waals surface area contributed by atoms with Gasteiger partial charge in [0.2, 0.25) is 0 Å². The second-order valence-corrected chi connectivity index (χ2v) is 24.2. The minimum Gasteiger partial charge on any atom is -0.310 e. The van der Waals surface area contributed by atoms with Crippen molar-refractivity contribution in [2.75, 3.05) is 4.90 Å². The first-order chi connectivity index (χ1) is 39.2. The van der Waals surface area contributed by atoms with E-state index in [1.165, 1.54) is 81.2 Å². The molecule has 14 rings (SSSR count). The van der Waals surface area contributed by atoms with Crippen LogP contribution in [0.1, 0.15) is 0 Å². The molecular weight excluding hydrogens is 969 g/mol. The lowest BCUT2D eigenvalue weighted by Gasteiger charge is -2.34. The molecule has 0 unspecified atom stereocenters. The zero-order valence-electron chi connectivity index (χ0n) is 43.6. The maximum atomic E-state index is 2.46. The molecule has 0 spiro atoms.